The van der Waals surface area contributed by atoms with Crippen molar-refractivity contribution in [2.45, 2.75) is 9.79 Å². The molecule has 1 aliphatic carbocycles. The molecule has 3 amide bonds. The van der Waals surface area contributed by atoms with Crippen molar-refractivity contribution in [2.24, 2.45) is 10.3 Å². The number of aliphatic carboxylic acids is 1. The molecule has 1 heterocycles. The van der Waals surface area contributed by atoms with Crippen LogP contribution in [0.5, 0.6) is 5.75 Å². The summed E-state index contributed by atoms with van der Waals surface area (Å²) in [5, 5.41) is 54.7. The molecule has 408 valence electrons. The van der Waals surface area contributed by atoms with Crippen LogP contribution in [0.2, 0.25) is 0 Å². The number of nitrogens with one attached hydrogen (secondary N) is 5. The van der Waals surface area contributed by atoms with Gasteiger partial charge in [-0.25, -0.2) is 31.9 Å². The molecule has 28 heteroatoms. The number of ether oxygens (including phenoxy) is 2. The van der Waals surface area contributed by atoms with Gasteiger partial charge in [0, 0.05) is 71.9 Å². The van der Waals surface area contributed by atoms with E-state index in [-0.39, 0.29) is 114 Å². The summed E-state index contributed by atoms with van der Waals surface area (Å²) in [5.74, 6) is -4.13. The number of carbonyl (C=O) groups excluding carboxylic acids is 3. The van der Waals surface area contributed by atoms with Crippen molar-refractivity contribution in [3.63, 3.8) is 0 Å². The van der Waals surface area contributed by atoms with E-state index in [2.05, 4.69) is 26.6 Å². The largest absolute Gasteiger partial charge is 0.508 e. The van der Waals surface area contributed by atoms with Crippen LogP contribution in [0.3, 0.4) is 0 Å². The molecular formula is C49H53N9O16S3. The second-order valence-electron chi connectivity index (χ2n) is 16.9. The van der Waals surface area contributed by atoms with E-state index in [0.717, 1.165) is 0 Å². The van der Waals surface area contributed by atoms with E-state index in [9.17, 15) is 60.9 Å². The number of hydrogen-bond acceptors (Lipinski definition) is 17. The summed E-state index contributed by atoms with van der Waals surface area (Å²) in [5.41, 5.74) is 2.01. The van der Waals surface area contributed by atoms with Crippen molar-refractivity contribution in [2.75, 3.05) is 94.7 Å². The van der Waals surface area contributed by atoms with Crippen molar-refractivity contribution >= 4 is 95.1 Å². The summed E-state index contributed by atoms with van der Waals surface area (Å²) < 4.78 is 63.6. The fourth-order valence-electron chi connectivity index (χ4n) is 7.59. The minimum absolute atomic E-state index is 0.0615. The summed E-state index contributed by atoms with van der Waals surface area (Å²) in [4.78, 5) is 77.9. The first-order valence-corrected chi connectivity index (χ1v) is 26.6. The van der Waals surface area contributed by atoms with E-state index in [1.807, 2.05) is 0 Å². The Balaban J connectivity index is 0.942. The number of amides is 3. The molecule has 77 heavy (non-hydrogen) atoms. The number of carbonyl (C=O) groups is 5. The number of thiocarbonyl (C=S) groups is 1. The summed E-state index contributed by atoms with van der Waals surface area (Å²) in [6, 6.07) is 23.3. The number of phenolic OH excluding ortho intramolecular Hbond substituents is 1. The van der Waals surface area contributed by atoms with E-state index in [0.29, 0.717) is 27.8 Å². The Hall–Kier alpha value is -7.93. The lowest BCUT2D eigenvalue weighted by Crippen LogP contribution is -2.46. The van der Waals surface area contributed by atoms with Gasteiger partial charge in [0.1, 0.15) is 17.1 Å². The highest BCUT2D eigenvalue weighted by atomic mass is 32.2. The third kappa shape index (κ3) is 17.8. The zero-order chi connectivity index (χ0) is 55.9. The summed E-state index contributed by atoms with van der Waals surface area (Å²) in [7, 11) is -7.98. The average molecular weight is 1120 g/mol. The molecular weight excluding hydrogens is 1070 g/mol. The number of aromatic hydroxyl groups is 1. The molecule has 6 rings (SSSR count). The third-order valence-corrected chi connectivity index (χ3v) is 13.2. The Morgan fingerprint density at radius 1 is 0.597 bits per heavy atom. The van der Waals surface area contributed by atoms with Gasteiger partial charge in [-0.3, -0.25) is 33.8 Å². The summed E-state index contributed by atoms with van der Waals surface area (Å²) in [6.45, 7) is -1.02. The van der Waals surface area contributed by atoms with Crippen LogP contribution in [0.25, 0.3) is 33.4 Å². The maximum Gasteiger partial charge on any atom is 0.336 e. The number of primary sulfonamides is 2. The number of carboxylic acids is 2. The van der Waals surface area contributed by atoms with Crippen LogP contribution in [-0.4, -0.2) is 156 Å². The van der Waals surface area contributed by atoms with E-state index >= 15 is 0 Å². The molecule has 0 fully saturated rings. The Kier molecular flexibility index (Phi) is 20.2. The predicted octanol–water partition coefficient (Wildman–Crippen LogP) is 1.67. The predicted molar refractivity (Wildman–Crippen MR) is 285 cm³/mol. The molecule has 4 aromatic rings. The van der Waals surface area contributed by atoms with Gasteiger partial charge in [0.2, 0.25) is 37.8 Å². The highest BCUT2D eigenvalue weighted by Crippen LogP contribution is 2.42. The first kappa shape index (κ1) is 58.3. The van der Waals surface area contributed by atoms with Crippen molar-refractivity contribution in [1.82, 2.24) is 20.4 Å². The first-order valence-electron chi connectivity index (χ1n) is 23.1. The van der Waals surface area contributed by atoms with Crippen LogP contribution in [0.15, 0.2) is 122 Å². The Morgan fingerprint density at radius 2 is 1.12 bits per heavy atom. The molecule has 25 nitrogen and oxygen atoms in total. The number of carboxylic acid groups (broad SMARTS) is 2. The minimum Gasteiger partial charge on any atom is -0.508 e. The summed E-state index contributed by atoms with van der Waals surface area (Å²) >= 11 is 5.42. The van der Waals surface area contributed by atoms with Crippen molar-refractivity contribution < 1.29 is 70.0 Å². The number of fused-ring (bicyclic) bond motifs is 2. The van der Waals surface area contributed by atoms with Gasteiger partial charge < -0.3 is 55.8 Å². The Morgan fingerprint density at radius 3 is 1.66 bits per heavy atom. The highest BCUT2D eigenvalue weighted by Gasteiger charge is 2.24. The third-order valence-electron chi connectivity index (χ3n) is 11.1. The van der Waals surface area contributed by atoms with Crippen LogP contribution in [0.1, 0.15) is 10.4 Å². The molecule has 0 bridgehead atoms. The Labute approximate surface area is 445 Å². The normalized spacial score (nSPS) is 11.6. The van der Waals surface area contributed by atoms with Crippen LogP contribution in [0, 0.1) is 0 Å². The maximum absolute atomic E-state index is 13.1. The lowest BCUT2D eigenvalue weighted by atomic mass is 9.90. The fourth-order valence-corrected chi connectivity index (χ4v) is 8.84. The molecule has 4 aromatic carbocycles. The molecule has 0 saturated carbocycles. The number of hydrogen-bond donors (Lipinski definition) is 10. The molecule has 12 N–H and O–H groups in total. The maximum atomic E-state index is 13.1. The monoisotopic (exact) mass is 1120 g/mol. The number of anilines is 3. The van der Waals surface area contributed by atoms with Gasteiger partial charge in [0.05, 0.1) is 68.0 Å². The quantitative estimate of drug-likeness (QED) is 0.0199. The highest BCUT2D eigenvalue weighted by molar-refractivity contribution is 7.89. The number of nitrogens with zero attached hydrogens (tertiary/aromatic N) is 2. The molecule has 2 aliphatic rings. The smallest absolute Gasteiger partial charge is 0.336 e. The first-order chi connectivity index (χ1) is 36.5. The van der Waals surface area contributed by atoms with E-state index in [1.165, 1.54) is 88.7 Å². The zero-order valence-corrected chi connectivity index (χ0v) is 43.2. The van der Waals surface area contributed by atoms with Gasteiger partial charge in [0.25, 0.3) is 0 Å². The number of sulfonamides is 2. The molecule has 0 atom stereocenters. The van der Waals surface area contributed by atoms with E-state index in [1.54, 1.807) is 24.3 Å². The van der Waals surface area contributed by atoms with Gasteiger partial charge in [-0.05, 0) is 103 Å². The molecule has 0 radical (unpaired) electrons. The molecule has 0 saturated heterocycles. The van der Waals surface area contributed by atoms with E-state index in [4.69, 9.17) is 36.4 Å². The molecule has 0 spiro atoms. The number of nitrogens with two attached hydrogens (primary N) is 2. The van der Waals surface area contributed by atoms with Gasteiger partial charge in [0.15, 0.2) is 10.5 Å². The summed E-state index contributed by atoms with van der Waals surface area (Å²) in [6.07, 6.45) is 0. The number of rotatable bonds is 27. The molecule has 1 aliphatic heterocycles. The lowest BCUT2D eigenvalue weighted by molar-refractivity contribution is -0.139. The molecule has 0 aromatic heterocycles. The van der Waals surface area contributed by atoms with Gasteiger partial charge in [-0.2, -0.15) is 0 Å². The topological polar surface area (TPSA) is 382 Å². The minimum atomic E-state index is -4.00. The number of benzene rings is 5. The van der Waals surface area contributed by atoms with E-state index < -0.39 is 69.3 Å². The van der Waals surface area contributed by atoms with Crippen LogP contribution < -0.4 is 42.3 Å². The number of aromatic carboxylic acids is 1. The van der Waals surface area contributed by atoms with Gasteiger partial charge in [-0.15, -0.1) is 0 Å². The van der Waals surface area contributed by atoms with Crippen molar-refractivity contribution in [3.05, 3.63) is 119 Å². The SMILES string of the molecule is NS(=O)(=O)c1ccc(NC(=O)CN(CCN(CC(=O)NCCOCCOCCNC(=S)Nc2ccc(-c3c4ccc(=O)cc-4oc4cc(O)ccc34)c(C(=O)O)c2)CC(=O)Nc2ccc(S(N)(=O)=O)cc2)CC(=O)O)cc1. The zero-order valence-electron chi connectivity index (χ0n) is 40.7. The molecule has 0 unspecified atom stereocenters. The van der Waals surface area contributed by atoms with Crippen molar-refractivity contribution in [3.8, 4) is 28.2 Å². The fraction of sp³-hybridized carbons (Fsp3) is 0.245. The number of phenols is 1. The average Bonchev–Trinajstić information content (AvgIpc) is 3.38. The Bertz CT molecular complexity index is 3400. The van der Waals surface area contributed by atoms with Crippen LogP contribution in [-0.2, 0) is 48.7 Å². The van der Waals surface area contributed by atoms with Crippen LogP contribution in [0.4, 0.5) is 17.1 Å². The standard InChI is InChI=1S/C49H53N9O16S3/c50-76(68,69)35-8-1-30(2-9-35)54-44(62)27-57(17-18-58(29-46(64)65)28-45(63)55-31-3-10-36(11-4-31)77(51,70)71)26-43(61)52-15-19-72-21-22-73-20-16-53-49(75)56-32-5-12-37(40(23-32)48(66)67)47-38-13-6-33(59)24-41(38)74-42-25-34(60)7-14-39(42)47/h1-14,23-25,59H,15-22,26-29H2,(H,52,61)(H,54,62)(H,55,63)(H,64,65)(H,66,67)(H2,50,68,69)(H2,51,70,71)(H2,53,56,75). The lowest BCUT2D eigenvalue weighted by Gasteiger charge is -2.26. The second kappa shape index (κ2) is 26.7. The van der Waals surface area contributed by atoms with Crippen LogP contribution >= 0.6 is 12.2 Å². The van der Waals surface area contributed by atoms with Gasteiger partial charge in [-0.1, -0.05) is 6.07 Å². The van der Waals surface area contributed by atoms with Crippen molar-refractivity contribution in [1.29, 1.82) is 0 Å². The second-order valence-corrected chi connectivity index (χ2v) is 20.4. The van der Waals surface area contributed by atoms with Gasteiger partial charge >= 0.3 is 11.9 Å².